The molecule has 0 aliphatic heterocycles. The number of hydrogen-bond donors (Lipinski definition) is 2. The SMILES string of the molecule is Cc1nc(C(C)(C)C)nc2sc(C(=O)Nc3cccc(NC(=O)c4cccnc4)c3)c(C)c12. The molecule has 168 valence electrons. The average Bonchev–Trinajstić information content (AvgIpc) is 3.11. The summed E-state index contributed by atoms with van der Waals surface area (Å²) in [4.78, 5) is 40.3. The molecule has 0 aliphatic carbocycles. The average molecular weight is 460 g/mol. The molecule has 4 rings (SSSR count). The van der Waals surface area contributed by atoms with Crippen LogP contribution in [0, 0.1) is 13.8 Å². The number of aromatic nitrogens is 3. The van der Waals surface area contributed by atoms with E-state index in [0.717, 1.165) is 27.3 Å². The Labute approximate surface area is 196 Å². The molecule has 0 atom stereocenters. The maximum absolute atomic E-state index is 13.1. The van der Waals surface area contributed by atoms with Crippen LogP contribution < -0.4 is 10.6 Å². The predicted molar refractivity (Wildman–Crippen MR) is 132 cm³/mol. The fraction of sp³-hybridized carbons (Fsp3) is 0.240. The first-order chi connectivity index (χ1) is 15.6. The van der Waals surface area contributed by atoms with Crippen molar-refractivity contribution in [3.63, 3.8) is 0 Å². The lowest BCUT2D eigenvalue weighted by molar-refractivity contribution is 0.102. The van der Waals surface area contributed by atoms with Crippen LogP contribution in [0.3, 0.4) is 0 Å². The molecule has 0 radical (unpaired) electrons. The normalized spacial score (nSPS) is 11.4. The Bertz CT molecular complexity index is 1360. The molecule has 0 aliphatic rings. The summed E-state index contributed by atoms with van der Waals surface area (Å²) in [5.41, 5.74) is 3.17. The topological polar surface area (TPSA) is 96.9 Å². The van der Waals surface area contributed by atoms with Gasteiger partial charge in [0.15, 0.2) is 0 Å². The van der Waals surface area contributed by atoms with E-state index < -0.39 is 0 Å². The van der Waals surface area contributed by atoms with Crippen molar-refractivity contribution in [1.82, 2.24) is 15.0 Å². The molecule has 4 aromatic rings. The van der Waals surface area contributed by atoms with Crippen LogP contribution in [-0.2, 0) is 5.41 Å². The number of carbonyl (C=O) groups is 2. The number of nitrogens with one attached hydrogen (secondary N) is 2. The Hall–Kier alpha value is -3.65. The standard InChI is InChI=1S/C25H25N5O2S/c1-14-19-15(2)27-24(25(3,4)5)30-23(19)33-20(14)22(32)29-18-10-6-9-17(12-18)28-21(31)16-8-7-11-26-13-16/h6-13H,1-5H3,(H,28,31)(H,29,32). The van der Waals surface area contributed by atoms with Gasteiger partial charge in [-0.05, 0) is 49.7 Å². The minimum Gasteiger partial charge on any atom is -0.322 e. The van der Waals surface area contributed by atoms with Crippen LogP contribution >= 0.6 is 11.3 Å². The summed E-state index contributed by atoms with van der Waals surface area (Å²) < 4.78 is 0. The van der Waals surface area contributed by atoms with Gasteiger partial charge >= 0.3 is 0 Å². The number of hydrogen-bond acceptors (Lipinski definition) is 6. The van der Waals surface area contributed by atoms with Gasteiger partial charge in [-0.25, -0.2) is 9.97 Å². The quantitative estimate of drug-likeness (QED) is 0.420. The number of rotatable bonds is 4. The van der Waals surface area contributed by atoms with Gasteiger partial charge in [0.2, 0.25) is 0 Å². The Morgan fingerprint density at radius 3 is 2.27 bits per heavy atom. The smallest absolute Gasteiger partial charge is 0.266 e. The van der Waals surface area contributed by atoms with Gasteiger partial charge < -0.3 is 10.6 Å². The lowest BCUT2D eigenvalue weighted by Gasteiger charge is -2.16. The molecule has 3 heterocycles. The fourth-order valence-corrected chi connectivity index (χ4v) is 4.58. The maximum Gasteiger partial charge on any atom is 0.266 e. The molecule has 2 N–H and O–H groups in total. The number of pyridine rings is 1. The highest BCUT2D eigenvalue weighted by molar-refractivity contribution is 7.20. The highest BCUT2D eigenvalue weighted by Gasteiger charge is 2.23. The van der Waals surface area contributed by atoms with E-state index >= 15 is 0 Å². The van der Waals surface area contributed by atoms with Crippen LogP contribution in [0.5, 0.6) is 0 Å². The molecule has 2 amide bonds. The molecule has 7 nitrogen and oxygen atoms in total. The summed E-state index contributed by atoms with van der Waals surface area (Å²) >= 11 is 1.37. The molecule has 33 heavy (non-hydrogen) atoms. The highest BCUT2D eigenvalue weighted by atomic mass is 32.1. The Kier molecular flexibility index (Phi) is 5.95. The summed E-state index contributed by atoms with van der Waals surface area (Å²) in [6, 6.07) is 10.4. The third kappa shape index (κ3) is 4.75. The molecule has 0 fully saturated rings. The van der Waals surface area contributed by atoms with Crippen LogP contribution in [0.15, 0.2) is 48.8 Å². The van der Waals surface area contributed by atoms with Crippen LogP contribution in [-0.4, -0.2) is 26.8 Å². The van der Waals surface area contributed by atoms with Crippen LogP contribution in [0.4, 0.5) is 11.4 Å². The minimum absolute atomic E-state index is 0.181. The largest absolute Gasteiger partial charge is 0.322 e. The van der Waals surface area contributed by atoms with Gasteiger partial charge in [0.05, 0.1) is 16.1 Å². The van der Waals surface area contributed by atoms with E-state index in [1.54, 1.807) is 42.6 Å². The molecule has 1 aromatic carbocycles. The lowest BCUT2D eigenvalue weighted by Crippen LogP contribution is -2.16. The van der Waals surface area contributed by atoms with Crippen molar-refractivity contribution < 1.29 is 9.59 Å². The van der Waals surface area contributed by atoms with Crippen molar-refractivity contribution in [2.45, 2.75) is 40.0 Å². The molecule has 0 bridgehead atoms. The third-order valence-electron chi connectivity index (χ3n) is 5.15. The number of aryl methyl sites for hydroxylation is 2. The molecule has 0 saturated heterocycles. The van der Waals surface area contributed by atoms with E-state index in [1.807, 2.05) is 13.8 Å². The van der Waals surface area contributed by atoms with Crippen LogP contribution in [0.1, 0.15) is 57.9 Å². The van der Waals surface area contributed by atoms with E-state index in [1.165, 1.54) is 17.5 Å². The lowest BCUT2D eigenvalue weighted by atomic mass is 9.95. The third-order valence-corrected chi connectivity index (χ3v) is 6.33. The number of amides is 2. The van der Waals surface area contributed by atoms with E-state index in [-0.39, 0.29) is 17.2 Å². The van der Waals surface area contributed by atoms with Gasteiger partial charge in [-0.1, -0.05) is 26.8 Å². The van der Waals surface area contributed by atoms with E-state index in [2.05, 4.69) is 41.4 Å². The van der Waals surface area contributed by atoms with Gasteiger partial charge in [0.1, 0.15) is 10.7 Å². The van der Waals surface area contributed by atoms with Gasteiger partial charge in [-0.15, -0.1) is 11.3 Å². The van der Waals surface area contributed by atoms with Gasteiger partial charge in [-0.3, -0.25) is 14.6 Å². The first-order valence-electron chi connectivity index (χ1n) is 10.5. The maximum atomic E-state index is 13.1. The monoisotopic (exact) mass is 459 g/mol. The summed E-state index contributed by atoms with van der Waals surface area (Å²) in [7, 11) is 0. The zero-order chi connectivity index (χ0) is 23.8. The van der Waals surface area contributed by atoms with Crippen LogP contribution in [0.2, 0.25) is 0 Å². The predicted octanol–water partition coefficient (Wildman–Crippen LogP) is 5.51. The van der Waals surface area contributed by atoms with Gasteiger partial charge in [0.25, 0.3) is 11.8 Å². The molecular weight excluding hydrogens is 434 g/mol. The second-order valence-electron chi connectivity index (χ2n) is 8.85. The molecular formula is C25H25N5O2S. The van der Waals surface area contributed by atoms with E-state index in [4.69, 9.17) is 4.98 Å². The zero-order valence-electron chi connectivity index (χ0n) is 19.2. The van der Waals surface area contributed by atoms with Gasteiger partial charge in [-0.2, -0.15) is 0 Å². The van der Waals surface area contributed by atoms with Crippen molar-refractivity contribution in [2.24, 2.45) is 0 Å². The second kappa shape index (κ2) is 8.71. The van der Waals surface area contributed by atoms with E-state index in [0.29, 0.717) is 21.8 Å². The molecule has 3 aromatic heterocycles. The number of fused-ring (bicyclic) bond motifs is 1. The minimum atomic E-state index is -0.268. The molecule has 0 saturated carbocycles. The Morgan fingerprint density at radius 1 is 0.939 bits per heavy atom. The van der Waals surface area contributed by atoms with E-state index in [9.17, 15) is 9.59 Å². The Morgan fingerprint density at radius 2 is 1.64 bits per heavy atom. The number of thiophene rings is 1. The summed E-state index contributed by atoms with van der Waals surface area (Å²) in [6.45, 7) is 10.1. The van der Waals surface area contributed by atoms with Crippen molar-refractivity contribution >= 4 is 44.7 Å². The number of anilines is 2. The number of carbonyl (C=O) groups excluding carboxylic acids is 2. The number of nitrogens with zero attached hydrogens (tertiary/aromatic N) is 3. The summed E-state index contributed by atoms with van der Waals surface area (Å²) in [6.07, 6.45) is 3.11. The first kappa shape index (κ1) is 22.5. The van der Waals surface area contributed by atoms with Crippen molar-refractivity contribution in [3.8, 4) is 0 Å². The van der Waals surface area contributed by atoms with Gasteiger partial charge in [0, 0.05) is 34.6 Å². The van der Waals surface area contributed by atoms with Crippen molar-refractivity contribution in [2.75, 3.05) is 10.6 Å². The van der Waals surface area contributed by atoms with Crippen LogP contribution in [0.25, 0.3) is 10.2 Å². The fourth-order valence-electron chi connectivity index (χ4n) is 3.45. The first-order valence-corrected chi connectivity index (χ1v) is 11.4. The summed E-state index contributed by atoms with van der Waals surface area (Å²) in [5, 5.41) is 6.69. The highest BCUT2D eigenvalue weighted by Crippen LogP contribution is 2.33. The molecule has 0 unspecified atom stereocenters. The molecule has 0 spiro atoms. The second-order valence-corrected chi connectivity index (χ2v) is 9.85. The van der Waals surface area contributed by atoms with Crippen molar-refractivity contribution in [3.05, 3.63) is 76.3 Å². The Balaban J connectivity index is 1.57. The summed E-state index contributed by atoms with van der Waals surface area (Å²) in [5.74, 6) is 0.274. The number of benzene rings is 1. The molecule has 8 heteroatoms. The van der Waals surface area contributed by atoms with Crippen molar-refractivity contribution in [1.29, 1.82) is 0 Å². The zero-order valence-corrected chi connectivity index (χ0v) is 20.0.